The maximum Gasteiger partial charge on any atom is 0.323 e. The first-order valence-electron chi connectivity index (χ1n) is 9.42. The van der Waals surface area contributed by atoms with Gasteiger partial charge in [-0.2, -0.15) is 4.31 Å². The van der Waals surface area contributed by atoms with Gasteiger partial charge < -0.3 is 20.9 Å². The van der Waals surface area contributed by atoms with Crippen LogP contribution in [0.5, 0.6) is 0 Å². The number of hydrogen-bond donors (Lipinski definition) is 3. The van der Waals surface area contributed by atoms with Crippen molar-refractivity contribution in [2.45, 2.75) is 24.9 Å². The molecule has 2 aromatic rings. The van der Waals surface area contributed by atoms with E-state index in [4.69, 9.17) is 10.3 Å². The van der Waals surface area contributed by atoms with Crippen LogP contribution < -0.4 is 16.4 Å². The van der Waals surface area contributed by atoms with Crippen molar-refractivity contribution in [3.8, 4) is 0 Å². The highest BCUT2D eigenvalue weighted by atomic mass is 32.2. The van der Waals surface area contributed by atoms with Crippen molar-refractivity contribution in [2.75, 3.05) is 31.5 Å². The van der Waals surface area contributed by atoms with Gasteiger partial charge in [0.15, 0.2) is 11.9 Å². The summed E-state index contributed by atoms with van der Waals surface area (Å²) in [5.41, 5.74) is 5.73. The van der Waals surface area contributed by atoms with Crippen LogP contribution >= 0.6 is 0 Å². The van der Waals surface area contributed by atoms with Crippen molar-refractivity contribution in [1.82, 2.24) is 19.7 Å². The van der Waals surface area contributed by atoms with E-state index >= 15 is 0 Å². The van der Waals surface area contributed by atoms with E-state index in [-0.39, 0.29) is 48.2 Å². The lowest BCUT2D eigenvalue weighted by molar-refractivity contribution is -0.127. The molecule has 1 aliphatic heterocycles. The molecule has 1 fully saturated rings. The van der Waals surface area contributed by atoms with Gasteiger partial charge in [-0.25, -0.2) is 17.6 Å². The number of sulfonamides is 1. The first-order chi connectivity index (χ1) is 14.7. The molecule has 1 aromatic heterocycles. The number of aryl methyl sites for hydroxylation is 2. The van der Waals surface area contributed by atoms with Crippen LogP contribution in [0, 0.1) is 19.7 Å². The number of aromatic nitrogens is 1. The lowest BCUT2D eigenvalue weighted by Crippen LogP contribution is -2.55. The number of urea groups is 1. The van der Waals surface area contributed by atoms with Crippen LogP contribution in [-0.4, -0.2) is 67.1 Å². The summed E-state index contributed by atoms with van der Waals surface area (Å²) in [5.74, 6) is -1.20. The molecule has 11 nitrogen and oxygen atoms in total. The molecule has 1 saturated heterocycles. The number of halogens is 1. The van der Waals surface area contributed by atoms with Crippen molar-refractivity contribution in [3.05, 3.63) is 41.5 Å². The average molecular weight is 454 g/mol. The second-order valence-electron chi connectivity index (χ2n) is 6.86. The smallest absolute Gasteiger partial charge is 0.323 e. The number of benzene rings is 1. The van der Waals surface area contributed by atoms with Crippen LogP contribution in [0.2, 0.25) is 0 Å². The monoisotopic (exact) mass is 454 g/mol. The van der Waals surface area contributed by atoms with Crippen LogP contribution in [0.3, 0.4) is 0 Å². The number of carbonyl (C=O) groups excluding carboxylic acids is 2. The molecule has 2 heterocycles. The topological polar surface area (TPSA) is 151 Å². The molecule has 1 aromatic carbocycles. The van der Waals surface area contributed by atoms with Gasteiger partial charge in [0.05, 0.1) is 0 Å². The first-order valence-corrected chi connectivity index (χ1v) is 10.9. The van der Waals surface area contributed by atoms with E-state index in [1.54, 1.807) is 0 Å². The molecule has 31 heavy (non-hydrogen) atoms. The fraction of sp³-hybridized carbons (Fsp3) is 0.389. The van der Waals surface area contributed by atoms with Gasteiger partial charge in [0.2, 0.25) is 0 Å². The summed E-state index contributed by atoms with van der Waals surface area (Å²) in [7, 11) is -4.22. The molecule has 1 unspecified atom stereocenters. The van der Waals surface area contributed by atoms with Crippen molar-refractivity contribution in [1.29, 1.82) is 0 Å². The first kappa shape index (κ1) is 22.7. The Morgan fingerprint density at radius 3 is 2.68 bits per heavy atom. The van der Waals surface area contributed by atoms with E-state index in [1.165, 1.54) is 32.0 Å². The fourth-order valence-electron chi connectivity index (χ4n) is 3.35. The second-order valence-corrected chi connectivity index (χ2v) is 8.68. The largest absolute Gasteiger partial charge is 0.360 e. The summed E-state index contributed by atoms with van der Waals surface area (Å²) < 4.78 is 45.9. The second kappa shape index (κ2) is 8.99. The minimum absolute atomic E-state index is 0.0650. The Morgan fingerprint density at radius 1 is 1.32 bits per heavy atom. The summed E-state index contributed by atoms with van der Waals surface area (Å²) in [4.78, 5) is 26.6. The zero-order valence-electron chi connectivity index (χ0n) is 17.0. The zero-order valence-corrected chi connectivity index (χ0v) is 17.8. The van der Waals surface area contributed by atoms with Crippen molar-refractivity contribution < 1.29 is 26.9 Å². The lowest BCUT2D eigenvalue weighted by atomic mass is 10.3. The minimum Gasteiger partial charge on any atom is -0.360 e. The zero-order chi connectivity index (χ0) is 22.8. The number of nitrogens with two attached hydrogens (primary N) is 1. The minimum atomic E-state index is -4.22. The predicted molar refractivity (Wildman–Crippen MR) is 108 cm³/mol. The summed E-state index contributed by atoms with van der Waals surface area (Å²) in [5, 5.41) is 8.67. The van der Waals surface area contributed by atoms with Crippen LogP contribution in [0.15, 0.2) is 33.7 Å². The Bertz CT molecular complexity index is 1070. The SMILES string of the molecule is Cc1noc(C)c1S(=O)(=O)N1CCN(C(=O)Nc2cccc(F)c2)C1C(=O)NCCN. The fourth-order valence-corrected chi connectivity index (χ4v) is 5.19. The number of rotatable bonds is 6. The molecule has 0 saturated carbocycles. The molecular formula is C18H23FN6O5S. The van der Waals surface area contributed by atoms with Gasteiger partial charge in [0, 0.05) is 31.9 Å². The average Bonchev–Trinajstić information content (AvgIpc) is 3.30. The molecule has 168 valence electrons. The molecule has 3 amide bonds. The standard InChI is InChI=1S/C18H23FN6O5S/c1-11-15(12(2)30-23-11)31(28,29)25-9-8-24(17(25)16(26)21-7-6-20)18(27)22-14-5-3-4-13(19)10-14/h3-5,10,17H,6-9,20H2,1-2H3,(H,21,26)(H,22,27). The Labute approximate surface area is 178 Å². The third-order valence-corrected chi connectivity index (χ3v) is 6.78. The Kier molecular flexibility index (Phi) is 6.57. The Morgan fingerprint density at radius 2 is 2.06 bits per heavy atom. The van der Waals surface area contributed by atoms with Gasteiger partial charge in [-0.15, -0.1) is 0 Å². The van der Waals surface area contributed by atoms with Gasteiger partial charge in [-0.1, -0.05) is 11.2 Å². The highest BCUT2D eigenvalue weighted by Gasteiger charge is 2.48. The van der Waals surface area contributed by atoms with Crippen LogP contribution in [0.1, 0.15) is 11.5 Å². The number of nitrogens with one attached hydrogen (secondary N) is 2. The highest BCUT2D eigenvalue weighted by molar-refractivity contribution is 7.89. The Hall–Kier alpha value is -3.03. The molecule has 3 rings (SSSR count). The molecule has 1 aliphatic rings. The van der Waals surface area contributed by atoms with E-state index < -0.39 is 33.9 Å². The van der Waals surface area contributed by atoms with Gasteiger partial charge in [0.25, 0.3) is 15.9 Å². The van der Waals surface area contributed by atoms with Gasteiger partial charge in [0.1, 0.15) is 16.4 Å². The highest BCUT2D eigenvalue weighted by Crippen LogP contribution is 2.29. The summed E-state index contributed by atoms with van der Waals surface area (Å²) in [6.07, 6.45) is -1.47. The van der Waals surface area contributed by atoms with E-state index in [0.717, 1.165) is 15.3 Å². The van der Waals surface area contributed by atoms with E-state index in [0.29, 0.717) is 0 Å². The molecule has 0 spiro atoms. The predicted octanol–water partition coefficient (Wildman–Crippen LogP) is 0.370. The Balaban J connectivity index is 1.93. The molecule has 0 bridgehead atoms. The molecule has 0 radical (unpaired) electrons. The summed E-state index contributed by atoms with van der Waals surface area (Å²) in [6, 6.07) is 4.45. The third kappa shape index (κ3) is 4.52. The quantitative estimate of drug-likeness (QED) is 0.570. The maximum atomic E-state index is 13.4. The van der Waals surface area contributed by atoms with Crippen molar-refractivity contribution >= 4 is 27.6 Å². The molecule has 1 atom stereocenters. The number of nitrogens with zero attached hydrogens (tertiary/aromatic N) is 3. The lowest BCUT2D eigenvalue weighted by Gasteiger charge is -2.28. The maximum absolute atomic E-state index is 13.4. The van der Waals surface area contributed by atoms with Crippen LogP contribution in [0.4, 0.5) is 14.9 Å². The van der Waals surface area contributed by atoms with Gasteiger partial charge in [-0.05, 0) is 32.0 Å². The summed E-state index contributed by atoms with van der Waals surface area (Å²) in [6.45, 7) is 2.94. The number of amides is 3. The van der Waals surface area contributed by atoms with Crippen LogP contribution in [-0.2, 0) is 14.8 Å². The molecule has 4 N–H and O–H groups in total. The number of anilines is 1. The number of hydrogen-bond acceptors (Lipinski definition) is 7. The number of carbonyl (C=O) groups is 2. The third-order valence-electron chi connectivity index (χ3n) is 4.68. The van der Waals surface area contributed by atoms with E-state index in [9.17, 15) is 22.4 Å². The van der Waals surface area contributed by atoms with Gasteiger partial charge >= 0.3 is 6.03 Å². The van der Waals surface area contributed by atoms with E-state index in [2.05, 4.69) is 15.8 Å². The normalized spacial score (nSPS) is 17.0. The van der Waals surface area contributed by atoms with Gasteiger partial charge in [-0.3, -0.25) is 9.69 Å². The molecule has 0 aliphatic carbocycles. The van der Waals surface area contributed by atoms with Crippen LogP contribution in [0.25, 0.3) is 0 Å². The summed E-state index contributed by atoms with van der Waals surface area (Å²) >= 11 is 0. The molecule has 13 heteroatoms. The van der Waals surface area contributed by atoms with E-state index in [1.807, 2.05) is 0 Å². The van der Waals surface area contributed by atoms with Crippen molar-refractivity contribution in [3.63, 3.8) is 0 Å². The molecular weight excluding hydrogens is 431 g/mol. The van der Waals surface area contributed by atoms with Crippen molar-refractivity contribution in [2.24, 2.45) is 5.73 Å².